The Bertz CT molecular complexity index is 1100. The SMILES string of the molecule is CCC(Oc1ccc(C2=NNC(=O)CC2)cc1)C(=O)NCCN[C@@H](O)CCOc1ccccc1C#N. The molecule has 2 amide bonds. The number of nitrogens with zero attached hydrogens (tertiary/aromatic N) is 2. The van der Waals surface area contributed by atoms with Gasteiger partial charge in [-0.1, -0.05) is 19.1 Å². The van der Waals surface area contributed by atoms with Gasteiger partial charge in [-0.3, -0.25) is 14.9 Å². The first kappa shape index (κ1) is 26.7. The summed E-state index contributed by atoms with van der Waals surface area (Å²) in [5.41, 5.74) is 4.62. The molecule has 0 aliphatic carbocycles. The van der Waals surface area contributed by atoms with Crippen LogP contribution in [0.2, 0.25) is 0 Å². The molecule has 0 fully saturated rings. The van der Waals surface area contributed by atoms with Crippen LogP contribution in [-0.2, 0) is 9.59 Å². The van der Waals surface area contributed by atoms with Gasteiger partial charge < -0.3 is 19.9 Å². The summed E-state index contributed by atoms with van der Waals surface area (Å²) in [6, 6.07) is 16.2. The highest BCUT2D eigenvalue weighted by atomic mass is 16.5. The third kappa shape index (κ3) is 8.08. The molecule has 0 bridgehead atoms. The van der Waals surface area contributed by atoms with Gasteiger partial charge in [0.1, 0.15) is 23.8 Å². The summed E-state index contributed by atoms with van der Waals surface area (Å²) in [6.45, 7) is 2.79. The van der Waals surface area contributed by atoms with Crippen molar-refractivity contribution in [1.82, 2.24) is 16.1 Å². The number of para-hydroxylation sites is 1. The van der Waals surface area contributed by atoms with E-state index < -0.39 is 12.3 Å². The topological polar surface area (TPSA) is 145 Å². The van der Waals surface area contributed by atoms with Crippen molar-refractivity contribution in [3.05, 3.63) is 59.7 Å². The minimum atomic E-state index is -0.810. The summed E-state index contributed by atoms with van der Waals surface area (Å²) in [6.07, 6.45) is 0.339. The fourth-order valence-electron chi connectivity index (χ4n) is 3.50. The van der Waals surface area contributed by atoms with Crippen molar-refractivity contribution in [3.8, 4) is 17.6 Å². The van der Waals surface area contributed by atoms with Crippen LogP contribution in [0.5, 0.6) is 11.5 Å². The van der Waals surface area contributed by atoms with E-state index >= 15 is 0 Å². The molecule has 2 aromatic rings. The van der Waals surface area contributed by atoms with E-state index in [0.717, 1.165) is 11.3 Å². The van der Waals surface area contributed by atoms with Crippen molar-refractivity contribution in [3.63, 3.8) is 0 Å². The van der Waals surface area contributed by atoms with E-state index in [4.69, 9.17) is 14.7 Å². The summed E-state index contributed by atoms with van der Waals surface area (Å²) in [5, 5.41) is 29.0. The molecule has 4 N–H and O–H groups in total. The van der Waals surface area contributed by atoms with E-state index in [2.05, 4.69) is 27.2 Å². The number of carbonyl (C=O) groups is 2. The molecular weight excluding hydrogens is 462 g/mol. The fourth-order valence-corrected chi connectivity index (χ4v) is 3.50. The zero-order chi connectivity index (χ0) is 25.8. The first-order chi connectivity index (χ1) is 17.5. The molecule has 0 aromatic heterocycles. The van der Waals surface area contributed by atoms with Gasteiger partial charge in [0.05, 0.1) is 17.9 Å². The van der Waals surface area contributed by atoms with Crippen LogP contribution in [0.15, 0.2) is 53.6 Å². The highest BCUT2D eigenvalue weighted by molar-refractivity contribution is 6.04. The van der Waals surface area contributed by atoms with E-state index in [0.29, 0.717) is 55.8 Å². The molecule has 10 nitrogen and oxygen atoms in total. The molecule has 1 heterocycles. The maximum absolute atomic E-state index is 12.5. The molecule has 1 aliphatic rings. The molecule has 0 saturated carbocycles. The predicted octanol–water partition coefficient (Wildman–Crippen LogP) is 1.82. The number of carbonyl (C=O) groups excluding carboxylic acids is 2. The predicted molar refractivity (Wildman–Crippen MR) is 133 cm³/mol. The second-order valence-electron chi connectivity index (χ2n) is 8.14. The van der Waals surface area contributed by atoms with Crippen molar-refractivity contribution >= 4 is 17.5 Å². The first-order valence-corrected chi connectivity index (χ1v) is 11.9. The third-order valence-electron chi connectivity index (χ3n) is 5.49. The minimum Gasteiger partial charge on any atom is -0.492 e. The maximum Gasteiger partial charge on any atom is 0.261 e. The van der Waals surface area contributed by atoms with Crippen LogP contribution in [0.3, 0.4) is 0 Å². The third-order valence-corrected chi connectivity index (χ3v) is 5.49. The molecule has 0 spiro atoms. The van der Waals surface area contributed by atoms with Gasteiger partial charge in [-0.2, -0.15) is 10.4 Å². The smallest absolute Gasteiger partial charge is 0.261 e. The number of ether oxygens (including phenoxy) is 2. The Morgan fingerprint density at radius 2 is 1.97 bits per heavy atom. The Balaban J connectivity index is 1.35. The molecule has 1 aliphatic heterocycles. The van der Waals surface area contributed by atoms with Gasteiger partial charge in [-0.25, -0.2) is 5.43 Å². The van der Waals surface area contributed by atoms with Crippen molar-refractivity contribution in [2.75, 3.05) is 19.7 Å². The van der Waals surface area contributed by atoms with Gasteiger partial charge in [-0.05, 0) is 48.4 Å². The van der Waals surface area contributed by atoms with Gasteiger partial charge in [0.25, 0.3) is 5.91 Å². The van der Waals surface area contributed by atoms with E-state index in [9.17, 15) is 14.7 Å². The van der Waals surface area contributed by atoms with Gasteiger partial charge in [0.15, 0.2) is 6.10 Å². The Kier molecular flexibility index (Phi) is 10.2. The van der Waals surface area contributed by atoms with E-state index in [-0.39, 0.29) is 18.4 Å². The fraction of sp³-hybridized carbons (Fsp3) is 0.385. The number of hydrogen-bond donors (Lipinski definition) is 4. The molecule has 0 radical (unpaired) electrons. The number of benzene rings is 2. The normalized spacial score (nSPS) is 14.6. The molecule has 0 saturated heterocycles. The summed E-state index contributed by atoms with van der Waals surface area (Å²) in [4.78, 5) is 23.8. The Labute approximate surface area is 210 Å². The number of rotatable bonds is 13. The largest absolute Gasteiger partial charge is 0.492 e. The molecule has 2 atom stereocenters. The van der Waals surface area contributed by atoms with Gasteiger partial charge in [0.2, 0.25) is 5.91 Å². The number of aliphatic hydroxyl groups is 1. The summed E-state index contributed by atoms with van der Waals surface area (Å²) in [5.74, 6) is 0.713. The maximum atomic E-state index is 12.5. The molecular formula is C26H31N5O5. The molecule has 10 heteroatoms. The van der Waals surface area contributed by atoms with Crippen LogP contribution in [0.4, 0.5) is 0 Å². The average molecular weight is 494 g/mol. The van der Waals surface area contributed by atoms with Crippen LogP contribution >= 0.6 is 0 Å². The van der Waals surface area contributed by atoms with Crippen LogP contribution < -0.4 is 25.5 Å². The number of hydrogen-bond acceptors (Lipinski definition) is 8. The highest BCUT2D eigenvalue weighted by Gasteiger charge is 2.19. The first-order valence-electron chi connectivity index (χ1n) is 11.9. The lowest BCUT2D eigenvalue weighted by atomic mass is 10.0. The van der Waals surface area contributed by atoms with Gasteiger partial charge in [0, 0.05) is 32.4 Å². The molecule has 3 rings (SSSR count). The van der Waals surface area contributed by atoms with Gasteiger partial charge >= 0.3 is 0 Å². The van der Waals surface area contributed by atoms with Crippen molar-refractivity contribution < 1.29 is 24.2 Å². The van der Waals surface area contributed by atoms with Crippen LogP contribution in [-0.4, -0.2) is 54.7 Å². The second-order valence-corrected chi connectivity index (χ2v) is 8.14. The minimum absolute atomic E-state index is 0.0904. The van der Waals surface area contributed by atoms with Crippen LogP contribution in [0, 0.1) is 11.3 Å². The average Bonchev–Trinajstić information content (AvgIpc) is 2.90. The lowest BCUT2D eigenvalue weighted by molar-refractivity contribution is -0.128. The Hall–Kier alpha value is -3.94. The van der Waals surface area contributed by atoms with Crippen LogP contribution in [0.25, 0.3) is 0 Å². The van der Waals surface area contributed by atoms with E-state index in [1.807, 2.05) is 19.1 Å². The monoisotopic (exact) mass is 493 g/mol. The quantitative estimate of drug-likeness (QED) is 0.246. The summed E-state index contributed by atoms with van der Waals surface area (Å²) in [7, 11) is 0. The van der Waals surface area contributed by atoms with Crippen molar-refractivity contribution in [1.29, 1.82) is 5.26 Å². The van der Waals surface area contributed by atoms with Crippen molar-refractivity contribution in [2.24, 2.45) is 5.10 Å². The lowest BCUT2D eigenvalue weighted by Gasteiger charge is -2.19. The highest BCUT2D eigenvalue weighted by Crippen LogP contribution is 2.18. The number of nitriles is 1. The molecule has 36 heavy (non-hydrogen) atoms. The summed E-state index contributed by atoms with van der Waals surface area (Å²) < 4.78 is 11.4. The summed E-state index contributed by atoms with van der Waals surface area (Å²) >= 11 is 0. The zero-order valence-corrected chi connectivity index (χ0v) is 20.2. The number of amides is 2. The zero-order valence-electron chi connectivity index (χ0n) is 20.2. The Morgan fingerprint density at radius 1 is 1.19 bits per heavy atom. The van der Waals surface area contributed by atoms with E-state index in [1.165, 1.54) is 0 Å². The molecule has 2 aromatic carbocycles. The Morgan fingerprint density at radius 3 is 2.67 bits per heavy atom. The van der Waals surface area contributed by atoms with Crippen molar-refractivity contribution in [2.45, 2.75) is 44.9 Å². The van der Waals surface area contributed by atoms with Crippen LogP contribution in [0.1, 0.15) is 43.7 Å². The number of aliphatic hydroxyl groups excluding tert-OH is 1. The second kappa shape index (κ2) is 13.8. The lowest BCUT2D eigenvalue weighted by Crippen LogP contribution is -2.42. The number of hydrazone groups is 1. The molecule has 1 unspecified atom stereocenters. The van der Waals surface area contributed by atoms with Gasteiger partial charge in [-0.15, -0.1) is 0 Å². The van der Waals surface area contributed by atoms with E-state index in [1.54, 1.807) is 36.4 Å². The molecule has 190 valence electrons. The number of nitrogens with one attached hydrogen (secondary N) is 3. The standard InChI is InChI=1S/C26H31N5O5/c1-2-22(36-20-9-7-18(8-10-20)21-11-12-25(33)31-30-21)26(34)29-15-14-28-24(32)13-16-35-23-6-4-3-5-19(23)17-27/h3-10,22,24,28,32H,2,11-16H2,1H3,(H,29,34)(H,31,33)/t22?,24-/m0/s1.